The van der Waals surface area contributed by atoms with Crippen LogP contribution in [0.15, 0.2) is 24.3 Å². The summed E-state index contributed by atoms with van der Waals surface area (Å²) >= 11 is 0. The minimum absolute atomic E-state index is 0.0446. The lowest BCUT2D eigenvalue weighted by atomic mass is 9.88. The number of nitrogens with zero attached hydrogens (tertiary/aromatic N) is 1. The highest BCUT2D eigenvalue weighted by atomic mass is 16.4. The average Bonchev–Trinajstić information content (AvgIpc) is 2.26. The minimum atomic E-state index is -0.971. The third-order valence-corrected chi connectivity index (χ3v) is 3.25. The number of anilines is 1. The van der Waals surface area contributed by atoms with E-state index in [2.05, 4.69) is 0 Å². The number of carboxylic acid groups (broad SMARTS) is 1. The van der Waals surface area contributed by atoms with Crippen molar-refractivity contribution in [2.45, 2.75) is 32.9 Å². The zero-order chi connectivity index (χ0) is 13.5. The Labute approximate surface area is 106 Å². The van der Waals surface area contributed by atoms with Crippen LogP contribution in [0.4, 0.5) is 10.5 Å². The maximum absolute atomic E-state index is 11.4. The van der Waals surface area contributed by atoms with Gasteiger partial charge >= 0.3 is 6.09 Å². The zero-order valence-electron chi connectivity index (χ0n) is 10.8. The van der Waals surface area contributed by atoms with Crippen LogP contribution < -0.4 is 4.90 Å². The Bertz CT molecular complexity index is 532. The van der Waals surface area contributed by atoms with Gasteiger partial charge in [0.15, 0.2) is 0 Å². The molecule has 0 aliphatic carbocycles. The van der Waals surface area contributed by atoms with Gasteiger partial charge in [0.25, 0.3) is 0 Å². The Balaban J connectivity index is 2.65. The van der Waals surface area contributed by atoms with Gasteiger partial charge in [-0.3, -0.25) is 4.90 Å². The molecule has 0 fully saturated rings. The summed E-state index contributed by atoms with van der Waals surface area (Å²) in [5.74, 6) is 0. The van der Waals surface area contributed by atoms with Crippen LogP contribution in [0.25, 0.3) is 5.57 Å². The molecule has 1 aromatic rings. The van der Waals surface area contributed by atoms with E-state index >= 15 is 0 Å². The summed E-state index contributed by atoms with van der Waals surface area (Å²) in [5.41, 5.74) is 2.78. The number of fused-ring (bicyclic) bond motifs is 1. The maximum Gasteiger partial charge on any atom is 0.412 e. The molecule has 0 bridgehead atoms. The molecule has 2 N–H and O–H groups in total. The van der Waals surface area contributed by atoms with Crippen LogP contribution in [0.1, 0.15) is 31.9 Å². The number of aliphatic hydroxyl groups is 1. The summed E-state index contributed by atoms with van der Waals surface area (Å²) < 4.78 is 0. The predicted molar refractivity (Wildman–Crippen MR) is 70.6 cm³/mol. The summed E-state index contributed by atoms with van der Waals surface area (Å²) in [5, 5.41) is 18.5. The molecule has 4 heteroatoms. The molecule has 0 aromatic heterocycles. The monoisotopic (exact) mass is 247 g/mol. The number of aliphatic hydroxyl groups excluding tert-OH is 1. The van der Waals surface area contributed by atoms with Gasteiger partial charge in [0.05, 0.1) is 17.8 Å². The third kappa shape index (κ3) is 1.88. The second-order valence-electron chi connectivity index (χ2n) is 5.11. The summed E-state index contributed by atoms with van der Waals surface area (Å²) in [6, 6.07) is 5.35. The molecule has 2 rings (SSSR count). The van der Waals surface area contributed by atoms with E-state index in [9.17, 15) is 9.90 Å². The molecule has 96 valence electrons. The van der Waals surface area contributed by atoms with Crippen LogP contribution in [-0.2, 0) is 6.61 Å². The van der Waals surface area contributed by atoms with Gasteiger partial charge in [-0.25, -0.2) is 4.79 Å². The van der Waals surface area contributed by atoms with E-state index in [0.29, 0.717) is 5.69 Å². The van der Waals surface area contributed by atoms with Gasteiger partial charge in [-0.2, -0.15) is 0 Å². The Kier molecular flexibility index (Phi) is 2.91. The van der Waals surface area contributed by atoms with Crippen LogP contribution in [0.5, 0.6) is 0 Å². The van der Waals surface area contributed by atoms with Crippen LogP contribution in [-0.4, -0.2) is 21.8 Å². The lowest BCUT2D eigenvalue weighted by molar-refractivity contribution is 0.197. The highest BCUT2D eigenvalue weighted by Gasteiger charge is 2.35. The number of hydrogen-bond acceptors (Lipinski definition) is 2. The fourth-order valence-corrected chi connectivity index (χ4v) is 2.52. The molecule has 0 unspecified atom stereocenters. The number of allylic oxidation sites excluding steroid dienone is 1. The lowest BCUT2D eigenvalue weighted by Gasteiger charge is -2.39. The normalized spacial score (nSPS) is 17.1. The molecule has 1 aliphatic heterocycles. The van der Waals surface area contributed by atoms with Crippen LogP contribution in [0.2, 0.25) is 0 Å². The van der Waals surface area contributed by atoms with Gasteiger partial charge in [-0.15, -0.1) is 0 Å². The van der Waals surface area contributed by atoms with E-state index in [1.54, 1.807) is 12.1 Å². The molecule has 18 heavy (non-hydrogen) atoms. The maximum atomic E-state index is 11.4. The first-order valence-electron chi connectivity index (χ1n) is 5.83. The third-order valence-electron chi connectivity index (χ3n) is 3.25. The van der Waals surface area contributed by atoms with Gasteiger partial charge in [0.2, 0.25) is 0 Å². The van der Waals surface area contributed by atoms with Crippen molar-refractivity contribution in [3.05, 3.63) is 35.4 Å². The Morgan fingerprint density at radius 2 is 2.06 bits per heavy atom. The molecule has 1 heterocycles. The summed E-state index contributed by atoms with van der Waals surface area (Å²) in [6.07, 6.45) is 0.965. The topological polar surface area (TPSA) is 60.8 Å². The Hall–Kier alpha value is -1.81. The van der Waals surface area contributed by atoms with E-state index in [-0.39, 0.29) is 6.61 Å². The smallest absolute Gasteiger partial charge is 0.412 e. The van der Waals surface area contributed by atoms with E-state index < -0.39 is 11.6 Å². The molecule has 0 radical (unpaired) electrons. The van der Waals surface area contributed by atoms with Gasteiger partial charge < -0.3 is 10.2 Å². The van der Waals surface area contributed by atoms with Crippen LogP contribution in [0, 0.1) is 0 Å². The first-order chi connectivity index (χ1) is 8.36. The SMILES string of the molecule is CC1=CC(C)(C)N(C(=O)O)c2ccc(CO)cc21. The van der Waals surface area contributed by atoms with Crippen molar-refractivity contribution in [2.24, 2.45) is 0 Å². The van der Waals surface area contributed by atoms with Crippen molar-refractivity contribution in [1.29, 1.82) is 0 Å². The molecule has 1 aliphatic rings. The number of benzene rings is 1. The van der Waals surface area contributed by atoms with Crippen molar-refractivity contribution < 1.29 is 15.0 Å². The van der Waals surface area contributed by atoms with Crippen molar-refractivity contribution in [1.82, 2.24) is 0 Å². The molecule has 1 aromatic carbocycles. The van der Waals surface area contributed by atoms with E-state index in [0.717, 1.165) is 16.7 Å². The number of hydrogen-bond donors (Lipinski definition) is 2. The quantitative estimate of drug-likeness (QED) is 0.802. The lowest BCUT2D eigenvalue weighted by Crippen LogP contribution is -2.48. The highest BCUT2D eigenvalue weighted by molar-refractivity contribution is 5.95. The molecule has 0 atom stereocenters. The van der Waals surface area contributed by atoms with Gasteiger partial charge in [0, 0.05) is 5.56 Å². The van der Waals surface area contributed by atoms with E-state index in [4.69, 9.17) is 5.11 Å². The first-order valence-corrected chi connectivity index (χ1v) is 5.83. The van der Waals surface area contributed by atoms with Crippen molar-refractivity contribution in [3.63, 3.8) is 0 Å². The van der Waals surface area contributed by atoms with E-state index in [1.165, 1.54) is 4.90 Å². The molecular weight excluding hydrogens is 230 g/mol. The summed E-state index contributed by atoms with van der Waals surface area (Å²) in [7, 11) is 0. The van der Waals surface area contributed by atoms with E-state index in [1.807, 2.05) is 32.9 Å². The van der Waals surface area contributed by atoms with Gasteiger partial charge in [-0.05, 0) is 44.0 Å². The fourth-order valence-electron chi connectivity index (χ4n) is 2.52. The van der Waals surface area contributed by atoms with Crippen molar-refractivity contribution in [3.8, 4) is 0 Å². The standard InChI is InChI=1S/C14H17NO3/c1-9-7-14(2,3)15(13(17)18)12-5-4-10(8-16)6-11(9)12/h4-7,16H,8H2,1-3H3,(H,17,18). The number of rotatable bonds is 1. The predicted octanol–water partition coefficient (Wildman–Crippen LogP) is 2.86. The van der Waals surface area contributed by atoms with Crippen LogP contribution >= 0.6 is 0 Å². The summed E-state index contributed by atoms with van der Waals surface area (Å²) in [6.45, 7) is 5.65. The largest absolute Gasteiger partial charge is 0.465 e. The number of carbonyl (C=O) groups is 1. The second kappa shape index (κ2) is 4.14. The molecule has 0 spiro atoms. The molecule has 0 saturated carbocycles. The second-order valence-corrected chi connectivity index (χ2v) is 5.11. The minimum Gasteiger partial charge on any atom is -0.465 e. The zero-order valence-corrected chi connectivity index (χ0v) is 10.8. The van der Waals surface area contributed by atoms with Crippen LogP contribution in [0.3, 0.4) is 0 Å². The average molecular weight is 247 g/mol. The fraction of sp³-hybridized carbons (Fsp3) is 0.357. The van der Waals surface area contributed by atoms with Crippen molar-refractivity contribution in [2.75, 3.05) is 4.90 Å². The Morgan fingerprint density at radius 3 is 2.61 bits per heavy atom. The summed E-state index contributed by atoms with van der Waals surface area (Å²) in [4.78, 5) is 12.8. The van der Waals surface area contributed by atoms with Gasteiger partial charge in [0.1, 0.15) is 0 Å². The molecule has 4 nitrogen and oxygen atoms in total. The van der Waals surface area contributed by atoms with Crippen molar-refractivity contribution >= 4 is 17.4 Å². The molecular formula is C14H17NO3. The molecule has 1 amide bonds. The first kappa shape index (κ1) is 12.6. The Morgan fingerprint density at radius 1 is 1.39 bits per heavy atom. The molecule has 0 saturated heterocycles. The van der Waals surface area contributed by atoms with Gasteiger partial charge in [-0.1, -0.05) is 12.1 Å². The highest BCUT2D eigenvalue weighted by Crippen LogP contribution is 2.39. The number of amides is 1.